The smallest absolute Gasteiger partial charge is 0.295 e. The Morgan fingerprint density at radius 2 is 1.82 bits per heavy atom. The van der Waals surface area contributed by atoms with Crippen LogP contribution in [-0.4, -0.2) is 17.4 Å². The third-order valence-corrected chi connectivity index (χ3v) is 5.85. The first kappa shape index (κ1) is 21.4. The lowest BCUT2D eigenvalue weighted by Crippen LogP contribution is -2.29. The topological polar surface area (TPSA) is 103 Å². The average molecular weight is 456 g/mol. The first-order valence-electron chi connectivity index (χ1n) is 10.8. The molecule has 1 aliphatic rings. The monoisotopic (exact) mass is 456 g/mol. The number of nitrogens with zero attached hydrogens (tertiary/aromatic N) is 2. The summed E-state index contributed by atoms with van der Waals surface area (Å²) in [5.41, 5.74) is 1.83. The summed E-state index contributed by atoms with van der Waals surface area (Å²) in [6.45, 7) is 4.23. The fourth-order valence-electron chi connectivity index (χ4n) is 4.35. The van der Waals surface area contributed by atoms with Crippen molar-refractivity contribution >= 4 is 28.3 Å². The van der Waals surface area contributed by atoms with Crippen LogP contribution in [0.15, 0.2) is 75.9 Å². The second-order valence-electron chi connectivity index (χ2n) is 8.03. The maximum atomic E-state index is 13.6. The van der Waals surface area contributed by atoms with E-state index in [0.717, 1.165) is 5.56 Å². The lowest BCUT2D eigenvalue weighted by atomic mass is 9.97. The number of aryl methyl sites for hydroxylation is 1. The van der Waals surface area contributed by atoms with Gasteiger partial charge in [-0.05, 0) is 55.8 Å². The molecule has 4 aromatic rings. The Hall–Kier alpha value is -4.46. The molecule has 0 saturated carbocycles. The summed E-state index contributed by atoms with van der Waals surface area (Å²) >= 11 is 0. The normalized spacial score (nSPS) is 14.9. The van der Waals surface area contributed by atoms with Crippen molar-refractivity contribution in [1.29, 1.82) is 0 Å². The van der Waals surface area contributed by atoms with Gasteiger partial charge in [-0.25, -0.2) is 0 Å². The molecule has 1 atom stereocenters. The third-order valence-electron chi connectivity index (χ3n) is 5.85. The van der Waals surface area contributed by atoms with E-state index in [1.807, 2.05) is 13.8 Å². The number of ether oxygens (including phenoxy) is 1. The number of hydrogen-bond acceptors (Lipinski definition) is 6. The van der Waals surface area contributed by atoms with Crippen LogP contribution in [0.25, 0.3) is 11.0 Å². The molecule has 0 radical (unpaired) electrons. The zero-order valence-electron chi connectivity index (χ0n) is 18.5. The first-order chi connectivity index (χ1) is 16.4. The van der Waals surface area contributed by atoms with E-state index in [0.29, 0.717) is 34.6 Å². The molecule has 1 aliphatic heterocycles. The number of amides is 1. The summed E-state index contributed by atoms with van der Waals surface area (Å²) in [6.07, 6.45) is 0. The van der Waals surface area contributed by atoms with E-state index < -0.39 is 16.9 Å². The van der Waals surface area contributed by atoms with Crippen molar-refractivity contribution in [2.24, 2.45) is 0 Å². The van der Waals surface area contributed by atoms with Crippen LogP contribution >= 0.6 is 0 Å². The van der Waals surface area contributed by atoms with E-state index >= 15 is 0 Å². The van der Waals surface area contributed by atoms with E-state index in [-0.39, 0.29) is 22.4 Å². The lowest BCUT2D eigenvalue weighted by molar-refractivity contribution is -0.384. The summed E-state index contributed by atoms with van der Waals surface area (Å²) < 4.78 is 11.4. The van der Waals surface area contributed by atoms with E-state index in [1.54, 1.807) is 54.6 Å². The van der Waals surface area contributed by atoms with Crippen molar-refractivity contribution in [3.8, 4) is 5.75 Å². The first-order valence-corrected chi connectivity index (χ1v) is 10.8. The Kier molecular flexibility index (Phi) is 5.13. The minimum atomic E-state index is -0.887. The molecular formula is C26H20N2O6. The number of anilines is 1. The molecule has 2 heterocycles. The van der Waals surface area contributed by atoms with E-state index in [9.17, 15) is 19.7 Å². The molecule has 0 bridgehead atoms. The molecule has 1 unspecified atom stereocenters. The van der Waals surface area contributed by atoms with Gasteiger partial charge in [-0.3, -0.25) is 24.6 Å². The highest BCUT2D eigenvalue weighted by molar-refractivity contribution is 6.10. The quantitative estimate of drug-likeness (QED) is 0.304. The lowest BCUT2D eigenvalue weighted by Gasteiger charge is -2.25. The molecule has 8 nitrogen and oxygen atoms in total. The van der Waals surface area contributed by atoms with E-state index in [4.69, 9.17) is 9.15 Å². The number of fused-ring (bicyclic) bond motifs is 2. The van der Waals surface area contributed by atoms with Crippen LogP contribution in [0.2, 0.25) is 0 Å². The maximum Gasteiger partial charge on any atom is 0.295 e. The number of rotatable bonds is 5. The van der Waals surface area contributed by atoms with Gasteiger partial charge >= 0.3 is 0 Å². The Labute approximate surface area is 194 Å². The minimum Gasteiger partial charge on any atom is -0.494 e. The SMILES string of the molecule is CCOc1ccc(N2C(=O)c3oc4ccc(C)cc4c(=O)c3C2c2cccc([N+](=O)[O-])c2)cc1. The maximum absolute atomic E-state index is 13.6. The van der Waals surface area contributed by atoms with Crippen LogP contribution in [-0.2, 0) is 0 Å². The standard InChI is InChI=1S/C26H20N2O6/c1-3-33-19-10-8-17(9-11-19)27-23(16-5-4-6-18(14-16)28(31)32)22-24(29)20-13-15(2)7-12-21(20)34-25(22)26(27)30/h4-14,23H,3H2,1-2H3. The molecule has 0 fully saturated rings. The number of carbonyl (C=O) groups is 1. The molecule has 0 N–H and O–H groups in total. The summed E-state index contributed by atoms with van der Waals surface area (Å²) in [4.78, 5) is 39.6. The zero-order valence-corrected chi connectivity index (χ0v) is 18.5. The van der Waals surface area contributed by atoms with Crippen LogP contribution in [0, 0.1) is 17.0 Å². The molecule has 3 aromatic carbocycles. The zero-order chi connectivity index (χ0) is 24.0. The molecule has 0 spiro atoms. The van der Waals surface area contributed by atoms with Gasteiger partial charge in [0, 0.05) is 17.8 Å². The van der Waals surface area contributed by atoms with Gasteiger partial charge in [-0.15, -0.1) is 0 Å². The highest BCUT2D eigenvalue weighted by Gasteiger charge is 2.44. The van der Waals surface area contributed by atoms with Crippen LogP contribution in [0.4, 0.5) is 11.4 Å². The molecule has 1 aromatic heterocycles. The summed E-state index contributed by atoms with van der Waals surface area (Å²) in [5, 5.41) is 11.8. The second kappa shape index (κ2) is 8.15. The largest absolute Gasteiger partial charge is 0.494 e. The average Bonchev–Trinajstić information content (AvgIpc) is 3.13. The fourth-order valence-corrected chi connectivity index (χ4v) is 4.35. The van der Waals surface area contributed by atoms with Crippen molar-refractivity contribution in [2.75, 3.05) is 11.5 Å². The van der Waals surface area contributed by atoms with Crippen molar-refractivity contribution in [2.45, 2.75) is 19.9 Å². The van der Waals surface area contributed by atoms with Crippen molar-refractivity contribution in [3.05, 3.63) is 110 Å². The third kappa shape index (κ3) is 3.40. The molecule has 170 valence electrons. The fraction of sp³-hybridized carbons (Fsp3) is 0.154. The summed E-state index contributed by atoms with van der Waals surface area (Å²) in [5.74, 6) is 0.0831. The number of nitro groups is 1. The van der Waals surface area contributed by atoms with Crippen molar-refractivity contribution in [3.63, 3.8) is 0 Å². The molecule has 5 rings (SSSR count). The molecule has 34 heavy (non-hydrogen) atoms. The summed E-state index contributed by atoms with van der Waals surface area (Å²) in [6, 6.07) is 17.2. The Morgan fingerprint density at radius 1 is 1.06 bits per heavy atom. The van der Waals surface area contributed by atoms with E-state index in [2.05, 4.69) is 0 Å². The highest BCUT2D eigenvalue weighted by atomic mass is 16.6. The number of benzene rings is 3. The van der Waals surface area contributed by atoms with Gasteiger partial charge < -0.3 is 9.15 Å². The van der Waals surface area contributed by atoms with Gasteiger partial charge in [-0.2, -0.15) is 0 Å². The van der Waals surface area contributed by atoms with Crippen molar-refractivity contribution < 1.29 is 18.9 Å². The van der Waals surface area contributed by atoms with Crippen LogP contribution in [0.3, 0.4) is 0 Å². The Balaban J connectivity index is 1.76. The molecule has 0 saturated heterocycles. The predicted octanol–water partition coefficient (Wildman–Crippen LogP) is 5.16. The molecular weight excluding hydrogens is 436 g/mol. The number of carbonyl (C=O) groups excluding carboxylic acids is 1. The summed E-state index contributed by atoms with van der Waals surface area (Å²) in [7, 11) is 0. The van der Waals surface area contributed by atoms with Crippen LogP contribution in [0.5, 0.6) is 5.75 Å². The van der Waals surface area contributed by atoms with Gasteiger partial charge in [0.15, 0.2) is 5.43 Å². The van der Waals surface area contributed by atoms with Gasteiger partial charge in [0.2, 0.25) is 5.76 Å². The van der Waals surface area contributed by atoms with Crippen LogP contribution < -0.4 is 15.1 Å². The second-order valence-corrected chi connectivity index (χ2v) is 8.03. The van der Waals surface area contributed by atoms with Gasteiger partial charge in [0.05, 0.1) is 28.5 Å². The predicted molar refractivity (Wildman–Crippen MR) is 127 cm³/mol. The Morgan fingerprint density at radius 3 is 2.53 bits per heavy atom. The van der Waals surface area contributed by atoms with Gasteiger partial charge in [0.25, 0.3) is 11.6 Å². The van der Waals surface area contributed by atoms with Gasteiger partial charge in [0.1, 0.15) is 11.3 Å². The van der Waals surface area contributed by atoms with Crippen LogP contribution in [0.1, 0.15) is 40.2 Å². The van der Waals surface area contributed by atoms with Gasteiger partial charge in [-0.1, -0.05) is 23.8 Å². The number of hydrogen-bond donors (Lipinski definition) is 0. The molecule has 0 aliphatic carbocycles. The van der Waals surface area contributed by atoms with E-state index in [1.165, 1.54) is 17.0 Å². The number of nitro benzene ring substituents is 1. The van der Waals surface area contributed by atoms with Crippen molar-refractivity contribution in [1.82, 2.24) is 0 Å². The molecule has 8 heteroatoms. The molecule has 1 amide bonds. The Bertz CT molecular complexity index is 1510. The minimum absolute atomic E-state index is 0.0632. The highest BCUT2D eigenvalue weighted by Crippen LogP contribution is 2.42. The number of non-ortho nitro benzene ring substituents is 1.